The number of nitrogens with two attached hydrogens (primary N) is 1. The van der Waals surface area contributed by atoms with E-state index in [2.05, 4.69) is 10.2 Å². The third kappa shape index (κ3) is 2.13. The van der Waals surface area contributed by atoms with Gasteiger partial charge in [-0.3, -0.25) is 9.69 Å². The van der Waals surface area contributed by atoms with E-state index in [1.54, 1.807) is 0 Å². The van der Waals surface area contributed by atoms with E-state index in [1.807, 2.05) is 30.3 Å². The average molecular weight is 245 g/mol. The van der Waals surface area contributed by atoms with Gasteiger partial charge in [0.05, 0.1) is 6.54 Å². The van der Waals surface area contributed by atoms with E-state index in [4.69, 9.17) is 5.73 Å². The van der Waals surface area contributed by atoms with Crippen LogP contribution in [-0.4, -0.2) is 36.0 Å². The molecule has 3 fully saturated rings. The van der Waals surface area contributed by atoms with Crippen molar-refractivity contribution >= 4 is 5.91 Å². The molecule has 18 heavy (non-hydrogen) atoms. The summed E-state index contributed by atoms with van der Waals surface area (Å²) < 4.78 is 0. The summed E-state index contributed by atoms with van der Waals surface area (Å²) in [5.41, 5.74) is 7.12. The van der Waals surface area contributed by atoms with Gasteiger partial charge in [0.1, 0.15) is 0 Å². The van der Waals surface area contributed by atoms with Crippen LogP contribution in [0.3, 0.4) is 0 Å². The van der Waals surface area contributed by atoms with Gasteiger partial charge in [0.2, 0.25) is 5.91 Å². The Morgan fingerprint density at radius 2 is 2.17 bits per heavy atom. The van der Waals surface area contributed by atoms with Crippen LogP contribution in [0.4, 0.5) is 0 Å². The van der Waals surface area contributed by atoms with Gasteiger partial charge in [-0.2, -0.15) is 0 Å². The number of carbonyl (C=O) groups excluding carboxylic acids is 1. The molecule has 2 aliphatic heterocycles. The maximum absolute atomic E-state index is 11.8. The molecule has 1 aromatic rings. The Morgan fingerprint density at radius 1 is 1.39 bits per heavy atom. The first-order valence-electron chi connectivity index (χ1n) is 6.54. The van der Waals surface area contributed by atoms with Crippen molar-refractivity contribution in [2.75, 3.05) is 13.1 Å². The molecule has 4 nitrogen and oxygen atoms in total. The molecular weight excluding hydrogens is 226 g/mol. The van der Waals surface area contributed by atoms with Crippen LogP contribution in [0, 0.1) is 5.92 Å². The zero-order chi connectivity index (χ0) is 12.5. The van der Waals surface area contributed by atoms with E-state index in [0.717, 1.165) is 12.1 Å². The van der Waals surface area contributed by atoms with Crippen LogP contribution in [-0.2, 0) is 11.3 Å². The molecule has 4 rings (SSSR count). The highest BCUT2D eigenvalue weighted by molar-refractivity contribution is 5.78. The number of amides is 1. The summed E-state index contributed by atoms with van der Waals surface area (Å²) in [6.07, 6.45) is 1.17. The van der Waals surface area contributed by atoms with Gasteiger partial charge < -0.3 is 11.1 Å². The van der Waals surface area contributed by atoms with Crippen LogP contribution in [0.2, 0.25) is 0 Å². The molecule has 3 unspecified atom stereocenters. The van der Waals surface area contributed by atoms with Gasteiger partial charge in [-0.1, -0.05) is 30.3 Å². The van der Waals surface area contributed by atoms with Crippen molar-refractivity contribution in [2.24, 2.45) is 11.7 Å². The van der Waals surface area contributed by atoms with Crippen molar-refractivity contribution in [1.29, 1.82) is 0 Å². The fraction of sp³-hybridized carbons (Fsp3) is 0.500. The lowest BCUT2D eigenvalue weighted by molar-refractivity contribution is -0.122. The zero-order valence-corrected chi connectivity index (χ0v) is 10.4. The maximum Gasteiger partial charge on any atom is 0.234 e. The highest BCUT2D eigenvalue weighted by Crippen LogP contribution is 2.39. The first-order chi connectivity index (χ1) is 8.74. The summed E-state index contributed by atoms with van der Waals surface area (Å²) in [6, 6.07) is 10.7. The van der Waals surface area contributed by atoms with E-state index < -0.39 is 0 Å². The number of rotatable bonds is 4. The summed E-state index contributed by atoms with van der Waals surface area (Å²) in [7, 11) is 0. The second-order valence-electron chi connectivity index (χ2n) is 5.33. The number of hydrogen-bond donors (Lipinski definition) is 2. The maximum atomic E-state index is 11.8. The summed E-state index contributed by atoms with van der Waals surface area (Å²) in [4.78, 5) is 14.1. The topological polar surface area (TPSA) is 58.4 Å². The quantitative estimate of drug-likeness (QED) is 0.804. The van der Waals surface area contributed by atoms with Gasteiger partial charge in [0, 0.05) is 25.2 Å². The van der Waals surface area contributed by atoms with E-state index in [1.165, 1.54) is 6.42 Å². The van der Waals surface area contributed by atoms with Crippen molar-refractivity contribution in [3.63, 3.8) is 0 Å². The minimum absolute atomic E-state index is 0.0959. The van der Waals surface area contributed by atoms with Crippen LogP contribution in [0.5, 0.6) is 0 Å². The molecule has 96 valence electrons. The van der Waals surface area contributed by atoms with E-state index in [-0.39, 0.29) is 5.91 Å². The van der Waals surface area contributed by atoms with Crippen LogP contribution in [0.15, 0.2) is 30.3 Å². The van der Waals surface area contributed by atoms with Crippen LogP contribution < -0.4 is 11.1 Å². The van der Waals surface area contributed by atoms with Crippen molar-refractivity contribution in [3.8, 4) is 0 Å². The Morgan fingerprint density at radius 3 is 2.78 bits per heavy atom. The molecule has 2 bridgehead atoms. The van der Waals surface area contributed by atoms with Crippen LogP contribution >= 0.6 is 0 Å². The Bertz CT molecular complexity index is 434. The number of benzene rings is 1. The SMILES string of the molecule is NC1C2CC1N(CC(=O)NCc1ccccc1)C2. The Kier molecular flexibility index (Phi) is 3.06. The highest BCUT2D eigenvalue weighted by Gasteiger charge is 2.50. The largest absolute Gasteiger partial charge is 0.351 e. The first-order valence-corrected chi connectivity index (χ1v) is 6.54. The lowest BCUT2D eigenvalue weighted by atomic mass is 9.81. The van der Waals surface area contributed by atoms with Crippen LogP contribution in [0.1, 0.15) is 12.0 Å². The first kappa shape index (κ1) is 11.7. The molecule has 2 saturated heterocycles. The zero-order valence-electron chi connectivity index (χ0n) is 10.4. The highest BCUT2D eigenvalue weighted by atomic mass is 16.2. The Hall–Kier alpha value is -1.39. The Balaban J connectivity index is 1.45. The average Bonchev–Trinajstić information content (AvgIpc) is 2.94. The second-order valence-corrected chi connectivity index (χ2v) is 5.33. The van der Waals surface area contributed by atoms with E-state index in [9.17, 15) is 4.79 Å². The molecular formula is C14H19N3O. The van der Waals surface area contributed by atoms with Gasteiger partial charge in [0.15, 0.2) is 0 Å². The van der Waals surface area contributed by atoms with Gasteiger partial charge in [-0.15, -0.1) is 0 Å². The molecule has 3 N–H and O–H groups in total. The minimum atomic E-state index is 0.0959. The van der Waals surface area contributed by atoms with Gasteiger partial charge >= 0.3 is 0 Å². The van der Waals surface area contributed by atoms with Gasteiger partial charge in [-0.05, 0) is 17.9 Å². The molecule has 2 heterocycles. The number of fused-ring (bicyclic) bond motifs is 1. The lowest BCUT2D eigenvalue weighted by Crippen LogP contribution is -2.50. The summed E-state index contributed by atoms with van der Waals surface area (Å²) in [6.45, 7) is 2.08. The molecule has 1 aromatic carbocycles. The molecule has 4 heteroatoms. The summed E-state index contributed by atoms with van der Waals surface area (Å²) in [5, 5.41) is 2.96. The third-order valence-corrected chi connectivity index (χ3v) is 4.15. The predicted molar refractivity (Wildman–Crippen MR) is 69.7 cm³/mol. The Labute approximate surface area is 107 Å². The molecule has 0 radical (unpaired) electrons. The lowest BCUT2D eigenvalue weighted by Gasteiger charge is -2.33. The number of nitrogens with one attached hydrogen (secondary N) is 1. The normalized spacial score (nSPS) is 29.9. The predicted octanol–water partition coefficient (Wildman–Crippen LogP) is 0.334. The summed E-state index contributed by atoms with van der Waals surface area (Å²) in [5.74, 6) is 0.718. The minimum Gasteiger partial charge on any atom is -0.351 e. The molecule has 0 spiro atoms. The monoisotopic (exact) mass is 245 g/mol. The van der Waals surface area contributed by atoms with E-state index in [0.29, 0.717) is 31.1 Å². The number of nitrogens with zero attached hydrogens (tertiary/aromatic N) is 1. The molecule has 1 aliphatic carbocycles. The smallest absolute Gasteiger partial charge is 0.234 e. The van der Waals surface area contributed by atoms with E-state index >= 15 is 0 Å². The second kappa shape index (κ2) is 4.71. The number of hydrogen-bond acceptors (Lipinski definition) is 3. The van der Waals surface area contributed by atoms with Crippen molar-refractivity contribution in [3.05, 3.63) is 35.9 Å². The molecule has 1 saturated carbocycles. The van der Waals surface area contributed by atoms with Crippen molar-refractivity contribution in [2.45, 2.75) is 25.0 Å². The molecule has 3 atom stereocenters. The van der Waals surface area contributed by atoms with Crippen LogP contribution in [0.25, 0.3) is 0 Å². The molecule has 0 aromatic heterocycles. The van der Waals surface area contributed by atoms with Gasteiger partial charge in [-0.25, -0.2) is 0 Å². The third-order valence-electron chi connectivity index (χ3n) is 4.15. The number of carbonyl (C=O) groups is 1. The standard InChI is InChI=1S/C14H19N3O/c15-14-11-6-12(14)17(8-11)9-13(18)16-7-10-4-2-1-3-5-10/h1-5,11-12,14H,6-9,15H2,(H,16,18). The van der Waals surface area contributed by atoms with Crippen molar-refractivity contribution in [1.82, 2.24) is 10.2 Å². The molecule has 1 amide bonds. The molecule has 3 aliphatic rings. The fourth-order valence-electron chi connectivity index (χ4n) is 2.99. The summed E-state index contributed by atoms with van der Waals surface area (Å²) >= 11 is 0. The van der Waals surface area contributed by atoms with Crippen molar-refractivity contribution < 1.29 is 4.79 Å². The van der Waals surface area contributed by atoms with Gasteiger partial charge in [0.25, 0.3) is 0 Å². The fourth-order valence-corrected chi connectivity index (χ4v) is 2.99.